The van der Waals surface area contributed by atoms with Gasteiger partial charge in [-0.25, -0.2) is 0 Å². The fourth-order valence-electron chi connectivity index (χ4n) is 2.24. The van der Waals surface area contributed by atoms with Gasteiger partial charge in [-0.05, 0) is 27.7 Å². The lowest BCUT2D eigenvalue weighted by Crippen LogP contribution is -2.42. The fraction of sp³-hybridized carbons (Fsp3) is 0.429. The van der Waals surface area contributed by atoms with Crippen molar-refractivity contribution in [3.8, 4) is 0 Å². The summed E-state index contributed by atoms with van der Waals surface area (Å²) in [7, 11) is 0. The number of amides is 4. The molecule has 0 saturated heterocycles. The van der Waals surface area contributed by atoms with Crippen LogP contribution in [0.5, 0.6) is 0 Å². The molecule has 0 N–H and O–H groups in total. The molecular formula is C14H16N2O4. The number of carbonyl (C=O) groups is 4. The summed E-state index contributed by atoms with van der Waals surface area (Å²) >= 11 is 0. The molecule has 106 valence electrons. The van der Waals surface area contributed by atoms with Crippen LogP contribution in [-0.2, 0) is 19.2 Å². The summed E-state index contributed by atoms with van der Waals surface area (Å²) in [5.74, 6) is -1.41. The van der Waals surface area contributed by atoms with Gasteiger partial charge < -0.3 is 0 Å². The van der Waals surface area contributed by atoms with Crippen LogP contribution in [0.15, 0.2) is 22.3 Å². The Morgan fingerprint density at radius 1 is 0.550 bits per heavy atom. The molecule has 20 heavy (non-hydrogen) atoms. The van der Waals surface area contributed by atoms with Crippen LogP contribution in [0, 0.1) is 0 Å². The van der Waals surface area contributed by atoms with Gasteiger partial charge in [0.05, 0.1) is 0 Å². The minimum Gasteiger partial charge on any atom is -0.273 e. The molecule has 6 heteroatoms. The van der Waals surface area contributed by atoms with E-state index in [0.29, 0.717) is 22.3 Å². The van der Waals surface area contributed by atoms with E-state index in [0.717, 1.165) is 9.80 Å². The monoisotopic (exact) mass is 276 g/mol. The van der Waals surface area contributed by atoms with Gasteiger partial charge in [-0.2, -0.15) is 0 Å². The average Bonchev–Trinajstić information content (AvgIpc) is 2.72. The number of rotatable bonds is 3. The van der Waals surface area contributed by atoms with Crippen molar-refractivity contribution in [2.24, 2.45) is 0 Å². The van der Waals surface area contributed by atoms with E-state index in [1.165, 1.54) is 0 Å². The Morgan fingerprint density at radius 2 is 0.750 bits per heavy atom. The Kier molecular flexibility index (Phi) is 3.33. The van der Waals surface area contributed by atoms with Crippen LogP contribution < -0.4 is 0 Å². The van der Waals surface area contributed by atoms with Gasteiger partial charge in [-0.1, -0.05) is 0 Å². The Bertz CT molecular complexity index is 511. The minimum atomic E-state index is -0.354. The molecule has 0 bridgehead atoms. The zero-order valence-electron chi connectivity index (χ0n) is 11.9. The quantitative estimate of drug-likeness (QED) is 0.699. The van der Waals surface area contributed by atoms with Crippen LogP contribution in [0.25, 0.3) is 0 Å². The van der Waals surface area contributed by atoms with E-state index in [-0.39, 0.29) is 36.7 Å². The molecule has 0 aromatic rings. The summed E-state index contributed by atoms with van der Waals surface area (Å²) in [5.41, 5.74) is 1.67. The SMILES string of the molecule is CC1=C(C)C(=O)N(CCN2C(=O)C(C)=C(C)C2=O)C1=O. The van der Waals surface area contributed by atoms with Crippen LogP contribution >= 0.6 is 0 Å². The van der Waals surface area contributed by atoms with Gasteiger partial charge in [-0.15, -0.1) is 0 Å². The number of carbonyl (C=O) groups excluding carboxylic acids is 4. The van der Waals surface area contributed by atoms with Gasteiger partial charge in [0.25, 0.3) is 23.6 Å². The molecule has 2 heterocycles. The van der Waals surface area contributed by atoms with Crippen LogP contribution in [0.3, 0.4) is 0 Å². The highest BCUT2D eigenvalue weighted by Gasteiger charge is 2.37. The molecule has 0 aromatic carbocycles. The summed E-state index contributed by atoms with van der Waals surface area (Å²) in [6.07, 6.45) is 0. The maximum absolute atomic E-state index is 11.9. The van der Waals surface area contributed by atoms with E-state index in [1.54, 1.807) is 27.7 Å². The Hall–Kier alpha value is -2.24. The van der Waals surface area contributed by atoms with Gasteiger partial charge in [0.2, 0.25) is 0 Å². The van der Waals surface area contributed by atoms with Crippen LogP contribution in [0.1, 0.15) is 27.7 Å². The molecule has 2 rings (SSSR count). The van der Waals surface area contributed by atoms with E-state index in [4.69, 9.17) is 0 Å². The molecule has 0 saturated carbocycles. The summed E-state index contributed by atoms with van der Waals surface area (Å²) in [6, 6.07) is 0. The molecule has 4 amide bonds. The summed E-state index contributed by atoms with van der Waals surface area (Å²) < 4.78 is 0. The van der Waals surface area contributed by atoms with Crippen molar-refractivity contribution in [2.75, 3.05) is 13.1 Å². The van der Waals surface area contributed by atoms with Gasteiger partial charge in [-0.3, -0.25) is 29.0 Å². The molecule has 0 spiro atoms. The predicted octanol–water partition coefficient (Wildman–Crippen LogP) is 0.397. The second kappa shape index (κ2) is 4.70. The molecule has 6 nitrogen and oxygen atoms in total. The molecule has 0 radical (unpaired) electrons. The van der Waals surface area contributed by atoms with Crippen molar-refractivity contribution in [2.45, 2.75) is 27.7 Å². The van der Waals surface area contributed by atoms with E-state index in [9.17, 15) is 19.2 Å². The second-order valence-corrected chi connectivity index (χ2v) is 5.02. The van der Waals surface area contributed by atoms with Crippen molar-refractivity contribution in [3.05, 3.63) is 22.3 Å². The first-order valence-electron chi connectivity index (χ1n) is 6.34. The highest BCUT2D eigenvalue weighted by molar-refractivity contribution is 6.20. The average molecular weight is 276 g/mol. The third-order valence-corrected chi connectivity index (χ3v) is 3.94. The van der Waals surface area contributed by atoms with Gasteiger partial charge in [0.1, 0.15) is 0 Å². The van der Waals surface area contributed by atoms with Crippen molar-refractivity contribution >= 4 is 23.6 Å². The lowest BCUT2D eigenvalue weighted by atomic mass is 10.2. The third kappa shape index (κ3) is 1.88. The predicted molar refractivity (Wildman–Crippen MR) is 70.2 cm³/mol. The van der Waals surface area contributed by atoms with E-state index in [1.807, 2.05) is 0 Å². The molecule has 0 unspecified atom stereocenters. The van der Waals surface area contributed by atoms with E-state index >= 15 is 0 Å². The summed E-state index contributed by atoms with van der Waals surface area (Å²) in [5, 5.41) is 0. The molecule has 0 atom stereocenters. The second-order valence-electron chi connectivity index (χ2n) is 5.02. The first-order chi connectivity index (χ1) is 9.27. The normalized spacial score (nSPS) is 20.2. The largest absolute Gasteiger partial charge is 0.273 e. The number of nitrogens with zero attached hydrogens (tertiary/aromatic N) is 2. The lowest BCUT2D eigenvalue weighted by molar-refractivity contribution is -0.142. The first-order valence-corrected chi connectivity index (χ1v) is 6.34. The molecular weight excluding hydrogens is 260 g/mol. The molecule has 0 fully saturated rings. The standard InChI is InChI=1S/C14H16N2O4/c1-7-8(2)12(18)15(11(7)17)5-6-16-13(19)9(3)10(4)14(16)20/h5-6H2,1-4H3. The molecule has 0 aliphatic carbocycles. The van der Waals surface area contributed by atoms with Crippen molar-refractivity contribution in [3.63, 3.8) is 0 Å². The van der Waals surface area contributed by atoms with Crippen molar-refractivity contribution in [1.82, 2.24) is 9.80 Å². The zero-order valence-corrected chi connectivity index (χ0v) is 11.9. The zero-order chi connectivity index (χ0) is 15.2. The van der Waals surface area contributed by atoms with Crippen LogP contribution in [0.2, 0.25) is 0 Å². The smallest absolute Gasteiger partial charge is 0.256 e. The highest BCUT2D eigenvalue weighted by Crippen LogP contribution is 2.22. The maximum Gasteiger partial charge on any atom is 0.256 e. The maximum atomic E-state index is 11.9. The summed E-state index contributed by atoms with van der Waals surface area (Å²) in [6.45, 7) is 6.44. The number of hydrogen-bond acceptors (Lipinski definition) is 4. The lowest BCUT2D eigenvalue weighted by Gasteiger charge is -2.20. The number of hydrogen-bond donors (Lipinski definition) is 0. The van der Waals surface area contributed by atoms with Crippen LogP contribution in [-0.4, -0.2) is 46.5 Å². The Labute approximate surface area is 116 Å². The Morgan fingerprint density at radius 3 is 0.950 bits per heavy atom. The van der Waals surface area contributed by atoms with Gasteiger partial charge in [0.15, 0.2) is 0 Å². The van der Waals surface area contributed by atoms with Crippen molar-refractivity contribution in [1.29, 1.82) is 0 Å². The van der Waals surface area contributed by atoms with Gasteiger partial charge in [0, 0.05) is 35.4 Å². The van der Waals surface area contributed by atoms with E-state index < -0.39 is 0 Å². The molecule has 0 aromatic heterocycles. The topological polar surface area (TPSA) is 74.8 Å². The number of imide groups is 2. The third-order valence-electron chi connectivity index (χ3n) is 3.94. The Balaban J connectivity index is 2.06. The molecule has 2 aliphatic heterocycles. The fourth-order valence-corrected chi connectivity index (χ4v) is 2.24. The molecule has 2 aliphatic rings. The van der Waals surface area contributed by atoms with E-state index in [2.05, 4.69) is 0 Å². The minimum absolute atomic E-state index is 0.0321. The first kappa shape index (κ1) is 14.2. The van der Waals surface area contributed by atoms with Crippen molar-refractivity contribution < 1.29 is 19.2 Å². The van der Waals surface area contributed by atoms with Gasteiger partial charge >= 0.3 is 0 Å². The summed E-state index contributed by atoms with van der Waals surface area (Å²) in [4.78, 5) is 49.6. The highest BCUT2D eigenvalue weighted by atomic mass is 16.2. The van der Waals surface area contributed by atoms with Crippen LogP contribution in [0.4, 0.5) is 0 Å².